The molecule has 0 aromatic carbocycles. The molecule has 3 aliphatic heterocycles. The Morgan fingerprint density at radius 2 is 2.08 bits per heavy atom. The molecule has 3 saturated heterocycles. The molecule has 0 aliphatic carbocycles. The van der Waals surface area contributed by atoms with Crippen LogP contribution in [0.4, 0.5) is 0 Å². The minimum atomic E-state index is -0.390. The summed E-state index contributed by atoms with van der Waals surface area (Å²) in [6.07, 6.45) is 6.37. The predicted molar refractivity (Wildman–Crippen MR) is 86.4 cm³/mol. The van der Waals surface area contributed by atoms with Crippen molar-refractivity contribution < 1.29 is 9.59 Å². The summed E-state index contributed by atoms with van der Waals surface area (Å²) in [6.45, 7) is 3.80. The lowest BCUT2D eigenvalue weighted by atomic mass is 9.79. The Morgan fingerprint density at radius 3 is 2.88 bits per heavy atom. The minimum absolute atomic E-state index is 0.0995. The topological polar surface area (TPSA) is 92.2 Å². The molecule has 1 aromatic rings. The Kier molecular flexibility index (Phi) is 3.99. The van der Waals surface area contributed by atoms with E-state index in [0.717, 1.165) is 51.7 Å². The van der Waals surface area contributed by atoms with Crippen LogP contribution < -0.4 is 10.6 Å². The number of likely N-dealkylation sites (tertiary alicyclic amines) is 1. The second-order valence-corrected chi connectivity index (χ2v) is 7.18. The Morgan fingerprint density at radius 1 is 1.25 bits per heavy atom. The van der Waals surface area contributed by atoms with Crippen LogP contribution >= 0.6 is 0 Å². The zero-order chi connectivity index (χ0) is 16.6. The van der Waals surface area contributed by atoms with Gasteiger partial charge >= 0.3 is 0 Å². The lowest BCUT2D eigenvalue weighted by molar-refractivity contribution is -0.132. The SMILES string of the molecule is O=C(c1cn(C2CCNCC2)nn1)N1CC[C@@]2(CCCNC2=O)C1. The van der Waals surface area contributed by atoms with Crippen molar-refractivity contribution >= 4 is 11.8 Å². The Balaban J connectivity index is 1.45. The van der Waals surface area contributed by atoms with Crippen LogP contribution in [0.25, 0.3) is 0 Å². The van der Waals surface area contributed by atoms with E-state index in [9.17, 15) is 9.59 Å². The van der Waals surface area contributed by atoms with Crippen LogP contribution in [-0.2, 0) is 4.79 Å². The van der Waals surface area contributed by atoms with E-state index in [-0.39, 0.29) is 17.2 Å². The number of nitrogens with zero attached hydrogens (tertiary/aromatic N) is 4. The van der Waals surface area contributed by atoms with Gasteiger partial charge in [-0.05, 0) is 45.2 Å². The first-order chi connectivity index (χ1) is 11.7. The second-order valence-electron chi connectivity index (χ2n) is 7.18. The molecule has 1 atom stereocenters. The maximum Gasteiger partial charge on any atom is 0.276 e. The van der Waals surface area contributed by atoms with Gasteiger partial charge in [0.15, 0.2) is 5.69 Å². The summed E-state index contributed by atoms with van der Waals surface area (Å²) in [5, 5.41) is 14.5. The quantitative estimate of drug-likeness (QED) is 0.792. The highest BCUT2D eigenvalue weighted by molar-refractivity contribution is 5.93. The summed E-state index contributed by atoms with van der Waals surface area (Å²) >= 11 is 0. The number of nitrogens with one attached hydrogen (secondary N) is 2. The molecule has 3 fully saturated rings. The largest absolute Gasteiger partial charge is 0.356 e. The van der Waals surface area contributed by atoms with Crippen molar-refractivity contribution in [1.29, 1.82) is 0 Å². The molecular weight excluding hydrogens is 308 g/mol. The van der Waals surface area contributed by atoms with E-state index in [1.54, 1.807) is 11.1 Å². The molecule has 3 aliphatic rings. The third kappa shape index (κ3) is 2.68. The maximum atomic E-state index is 12.7. The molecule has 1 spiro atoms. The average molecular weight is 332 g/mol. The molecule has 2 N–H and O–H groups in total. The number of aromatic nitrogens is 3. The summed E-state index contributed by atoms with van der Waals surface area (Å²) in [4.78, 5) is 26.8. The molecule has 0 unspecified atom stereocenters. The summed E-state index contributed by atoms with van der Waals surface area (Å²) in [6, 6.07) is 0.314. The van der Waals surface area contributed by atoms with Crippen LogP contribution in [0, 0.1) is 5.41 Å². The van der Waals surface area contributed by atoms with Crippen LogP contribution in [0.2, 0.25) is 0 Å². The second kappa shape index (κ2) is 6.16. The summed E-state index contributed by atoms with van der Waals surface area (Å²) in [5.74, 6) is -0.00663. The fourth-order valence-electron chi connectivity index (χ4n) is 4.15. The number of rotatable bonds is 2. The molecule has 4 heterocycles. The minimum Gasteiger partial charge on any atom is -0.356 e. The van der Waals surface area contributed by atoms with Crippen molar-refractivity contribution in [2.45, 2.75) is 38.1 Å². The molecule has 1 aromatic heterocycles. The fraction of sp³-hybridized carbons (Fsp3) is 0.750. The van der Waals surface area contributed by atoms with E-state index < -0.39 is 0 Å². The fourth-order valence-corrected chi connectivity index (χ4v) is 4.15. The molecule has 130 valence electrons. The lowest BCUT2D eigenvalue weighted by Crippen LogP contribution is -2.47. The number of hydrogen-bond acceptors (Lipinski definition) is 5. The number of piperidine rings is 2. The van der Waals surface area contributed by atoms with Gasteiger partial charge in [0.2, 0.25) is 5.91 Å². The van der Waals surface area contributed by atoms with E-state index in [4.69, 9.17) is 0 Å². The van der Waals surface area contributed by atoms with Gasteiger partial charge in [-0.15, -0.1) is 5.10 Å². The molecule has 24 heavy (non-hydrogen) atoms. The van der Waals surface area contributed by atoms with E-state index in [0.29, 0.717) is 24.8 Å². The summed E-state index contributed by atoms with van der Waals surface area (Å²) in [7, 11) is 0. The van der Waals surface area contributed by atoms with Gasteiger partial charge in [-0.1, -0.05) is 5.21 Å². The van der Waals surface area contributed by atoms with Crippen LogP contribution in [-0.4, -0.2) is 64.4 Å². The third-order valence-electron chi connectivity index (χ3n) is 5.65. The van der Waals surface area contributed by atoms with Crippen molar-refractivity contribution in [1.82, 2.24) is 30.5 Å². The number of carbonyl (C=O) groups excluding carboxylic acids is 2. The summed E-state index contributed by atoms with van der Waals surface area (Å²) in [5.41, 5.74) is 0.000619. The predicted octanol–water partition coefficient (Wildman–Crippen LogP) is -0.0551. The highest BCUT2D eigenvalue weighted by Gasteiger charge is 2.47. The summed E-state index contributed by atoms with van der Waals surface area (Å²) < 4.78 is 1.83. The first-order valence-corrected chi connectivity index (χ1v) is 8.88. The molecule has 8 heteroatoms. The Hall–Kier alpha value is -1.96. The van der Waals surface area contributed by atoms with E-state index >= 15 is 0 Å². The number of carbonyl (C=O) groups is 2. The first-order valence-electron chi connectivity index (χ1n) is 8.88. The standard InChI is InChI=1S/C16H24N6O2/c23-14(13-10-22(20-19-13)12-2-7-17-8-3-12)21-9-5-16(11-21)4-1-6-18-15(16)24/h10,12,17H,1-9,11H2,(H,18,24)/t16-/m0/s1. The molecule has 0 radical (unpaired) electrons. The van der Waals surface area contributed by atoms with Crippen LogP contribution in [0.5, 0.6) is 0 Å². The normalized spacial score (nSPS) is 28.3. The first kappa shape index (κ1) is 15.6. The van der Waals surface area contributed by atoms with Gasteiger partial charge in [-0.3, -0.25) is 9.59 Å². The van der Waals surface area contributed by atoms with Crippen LogP contribution in [0.3, 0.4) is 0 Å². The number of hydrogen-bond donors (Lipinski definition) is 2. The van der Waals surface area contributed by atoms with Crippen molar-refractivity contribution in [3.8, 4) is 0 Å². The Bertz CT molecular complexity index is 638. The molecule has 0 saturated carbocycles. The number of amides is 2. The van der Waals surface area contributed by atoms with E-state index in [2.05, 4.69) is 20.9 Å². The van der Waals surface area contributed by atoms with Crippen LogP contribution in [0.1, 0.15) is 48.6 Å². The van der Waals surface area contributed by atoms with Crippen molar-refractivity contribution in [3.05, 3.63) is 11.9 Å². The third-order valence-corrected chi connectivity index (χ3v) is 5.65. The van der Waals surface area contributed by atoms with Gasteiger partial charge in [-0.25, -0.2) is 4.68 Å². The van der Waals surface area contributed by atoms with Gasteiger partial charge in [0, 0.05) is 19.6 Å². The molecule has 8 nitrogen and oxygen atoms in total. The van der Waals surface area contributed by atoms with Gasteiger partial charge < -0.3 is 15.5 Å². The zero-order valence-electron chi connectivity index (χ0n) is 13.8. The molecular formula is C16H24N6O2. The average Bonchev–Trinajstić information content (AvgIpc) is 3.26. The lowest BCUT2D eigenvalue weighted by Gasteiger charge is -2.31. The van der Waals surface area contributed by atoms with Crippen LogP contribution in [0.15, 0.2) is 6.20 Å². The van der Waals surface area contributed by atoms with Crippen molar-refractivity contribution in [3.63, 3.8) is 0 Å². The monoisotopic (exact) mass is 332 g/mol. The van der Waals surface area contributed by atoms with E-state index in [1.165, 1.54) is 0 Å². The van der Waals surface area contributed by atoms with E-state index in [1.807, 2.05) is 4.68 Å². The molecule has 4 rings (SSSR count). The van der Waals surface area contributed by atoms with Gasteiger partial charge in [0.25, 0.3) is 5.91 Å². The molecule has 2 amide bonds. The van der Waals surface area contributed by atoms with Gasteiger partial charge in [0.05, 0.1) is 17.7 Å². The smallest absolute Gasteiger partial charge is 0.276 e. The molecule has 0 bridgehead atoms. The Labute approximate surface area is 141 Å². The maximum absolute atomic E-state index is 12.7. The zero-order valence-corrected chi connectivity index (χ0v) is 13.8. The highest BCUT2D eigenvalue weighted by atomic mass is 16.2. The highest BCUT2D eigenvalue weighted by Crippen LogP contribution is 2.37. The van der Waals surface area contributed by atoms with Crippen molar-refractivity contribution in [2.75, 3.05) is 32.7 Å². The van der Waals surface area contributed by atoms with Gasteiger partial charge in [-0.2, -0.15) is 0 Å². The van der Waals surface area contributed by atoms with Crippen molar-refractivity contribution in [2.24, 2.45) is 5.41 Å². The van der Waals surface area contributed by atoms with Gasteiger partial charge in [0.1, 0.15) is 0 Å².